The number of nitrogens with zero attached hydrogens (tertiary/aromatic N) is 2. The van der Waals surface area contributed by atoms with Crippen LogP contribution in [-0.4, -0.2) is 16.1 Å². The minimum atomic E-state index is -0.0835. The molecule has 1 N–H and O–H groups in total. The number of amides is 1. The molecule has 0 spiro atoms. The third-order valence-electron chi connectivity index (χ3n) is 4.40. The molecule has 0 aliphatic heterocycles. The maximum absolute atomic E-state index is 12.6. The highest BCUT2D eigenvalue weighted by atomic mass is 16.1. The number of benzene rings is 2. The molecule has 4 nitrogen and oxygen atoms in total. The highest BCUT2D eigenvalue weighted by molar-refractivity contribution is 5.98. The number of nitrogens with one attached hydrogen (secondary N) is 1. The van der Waals surface area contributed by atoms with Crippen molar-refractivity contribution < 1.29 is 4.79 Å². The second kappa shape index (κ2) is 6.40. The molecular formula is C20H21N3O. The first-order valence-electron chi connectivity index (χ1n) is 8.07. The average molecular weight is 319 g/mol. The van der Waals surface area contributed by atoms with Gasteiger partial charge in [0.1, 0.15) is 0 Å². The smallest absolute Gasteiger partial charge is 0.251 e. The van der Waals surface area contributed by atoms with Gasteiger partial charge in [-0.3, -0.25) is 4.79 Å². The quantitative estimate of drug-likeness (QED) is 0.792. The lowest BCUT2D eigenvalue weighted by atomic mass is 10.0. The molecule has 3 aromatic rings. The molecule has 3 rings (SSSR count). The summed E-state index contributed by atoms with van der Waals surface area (Å²) in [5.74, 6) is -0.0835. The van der Waals surface area contributed by atoms with Crippen molar-refractivity contribution in [3.63, 3.8) is 0 Å². The molecule has 1 atom stereocenters. The molecule has 24 heavy (non-hydrogen) atoms. The van der Waals surface area contributed by atoms with Crippen molar-refractivity contribution >= 4 is 16.8 Å². The molecule has 1 heterocycles. The number of hydrogen-bond acceptors (Lipinski definition) is 3. The number of carbonyl (C=O) groups is 1. The summed E-state index contributed by atoms with van der Waals surface area (Å²) in [6, 6.07) is 13.7. The fourth-order valence-electron chi connectivity index (χ4n) is 2.77. The summed E-state index contributed by atoms with van der Waals surface area (Å²) in [5, 5.41) is 12.3. The molecule has 122 valence electrons. The highest BCUT2D eigenvalue weighted by Crippen LogP contribution is 2.20. The van der Waals surface area contributed by atoms with Crippen molar-refractivity contribution in [1.29, 1.82) is 0 Å². The van der Waals surface area contributed by atoms with Crippen LogP contribution in [-0.2, 0) is 0 Å². The first kappa shape index (κ1) is 16.1. The summed E-state index contributed by atoms with van der Waals surface area (Å²) < 4.78 is 0. The van der Waals surface area contributed by atoms with Gasteiger partial charge >= 0.3 is 0 Å². The summed E-state index contributed by atoms with van der Waals surface area (Å²) in [5.41, 5.74) is 5.67. The predicted octanol–water partition coefficient (Wildman–Crippen LogP) is 4.05. The Kier molecular flexibility index (Phi) is 4.30. The van der Waals surface area contributed by atoms with Gasteiger partial charge in [0, 0.05) is 10.9 Å². The van der Waals surface area contributed by atoms with Crippen molar-refractivity contribution in [2.45, 2.75) is 33.7 Å². The topological polar surface area (TPSA) is 54.9 Å². The SMILES string of the molecule is Cc1cccc(C(C)NC(=O)c2ccc3nnc(C)c(C)c3c2)c1. The Balaban J connectivity index is 1.87. The molecular weight excluding hydrogens is 298 g/mol. The van der Waals surface area contributed by atoms with E-state index in [1.165, 1.54) is 5.56 Å². The van der Waals surface area contributed by atoms with Crippen molar-refractivity contribution in [3.8, 4) is 0 Å². The van der Waals surface area contributed by atoms with E-state index in [9.17, 15) is 4.79 Å². The van der Waals surface area contributed by atoms with Crippen LogP contribution < -0.4 is 5.32 Å². The third kappa shape index (κ3) is 3.13. The molecule has 0 saturated heterocycles. The fraction of sp³-hybridized carbons (Fsp3) is 0.250. The minimum absolute atomic E-state index is 0.0495. The Morgan fingerprint density at radius 3 is 2.58 bits per heavy atom. The molecule has 0 fully saturated rings. The maximum Gasteiger partial charge on any atom is 0.251 e. The Morgan fingerprint density at radius 2 is 1.83 bits per heavy atom. The number of rotatable bonds is 3. The van der Waals surface area contributed by atoms with E-state index in [0.717, 1.165) is 27.7 Å². The molecule has 4 heteroatoms. The van der Waals surface area contributed by atoms with Gasteiger partial charge in [0.2, 0.25) is 0 Å². The van der Waals surface area contributed by atoms with Crippen LogP contribution in [0.2, 0.25) is 0 Å². The maximum atomic E-state index is 12.6. The molecule has 1 amide bonds. The zero-order valence-corrected chi connectivity index (χ0v) is 14.4. The minimum Gasteiger partial charge on any atom is -0.346 e. The molecule has 0 saturated carbocycles. The molecule has 2 aromatic carbocycles. The summed E-state index contributed by atoms with van der Waals surface area (Å²) in [6.45, 7) is 7.97. The summed E-state index contributed by atoms with van der Waals surface area (Å²) in [4.78, 5) is 12.6. The van der Waals surface area contributed by atoms with Crippen molar-refractivity contribution in [3.05, 3.63) is 70.4 Å². The van der Waals surface area contributed by atoms with Gasteiger partial charge in [-0.15, -0.1) is 0 Å². The second-order valence-electron chi connectivity index (χ2n) is 6.25. The van der Waals surface area contributed by atoms with E-state index < -0.39 is 0 Å². The van der Waals surface area contributed by atoms with E-state index in [1.54, 1.807) is 6.07 Å². The zero-order valence-electron chi connectivity index (χ0n) is 14.4. The number of hydrogen-bond donors (Lipinski definition) is 1. The van der Waals surface area contributed by atoms with Gasteiger partial charge in [0.05, 0.1) is 17.3 Å². The van der Waals surface area contributed by atoms with Crippen molar-refractivity contribution in [1.82, 2.24) is 15.5 Å². The monoisotopic (exact) mass is 319 g/mol. The predicted molar refractivity (Wildman–Crippen MR) is 96.1 cm³/mol. The Labute approximate surface area is 141 Å². The van der Waals surface area contributed by atoms with Crippen LogP contribution in [0.4, 0.5) is 0 Å². The average Bonchev–Trinajstić information content (AvgIpc) is 2.58. The lowest BCUT2D eigenvalue weighted by Gasteiger charge is -2.15. The largest absolute Gasteiger partial charge is 0.346 e. The Bertz CT molecular complexity index is 918. The van der Waals surface area contributed by atoms with Crippen LogP contribution in [0.25, 0.3) is 10.9 Å². The molecule has 1 aromatic heterocycles. The number of carbonyl (C=O) groups excluding carboxylic acids is 1. The normalized spacial score (nSPS) is 12.2. The lowest BCUT2D eigenvalue weighted by Crippen LogP contribution is -2.26. The van der Waals surface area contributed by atoms with E-state index in [1.807, 2.05) is 58.0 Å². The summed E-state index contributed by atoms with van der Waals surface area (Å²) in [6.07, 6.45) is 0. The number of aromatic nitrogens is 2. The van der Waals surface area contributed by atoms with E-state index in [-0.39, 0.29) is 11.9 Å². The van der Waals surface area contributed by atoms with Gasteiger partial charge in [-0.1, -0.05) is 29.8 Å². The summed E-state index contributed by atoms with van der Waals surface area (Å²) >= 11 is 0. The van der Waals surface area contributed by atoms with Gasteiger partial charge in [-0.05, 0) is 57.0 Å². The molecule has 0 aliphatic carbocycles. The van der Waals surface area contributed by atoms with Crippen molar-refractivity contribution in [2.24, 2.45) is 0 Å². The van der Waals surface area contributed by atoms with Crippen LogP contribution in [0.1, 0.15) is 45.7 Å². The van der Waals surface area contributed by atoms with E-state index in [4.69, 9.17) is 0 Å². The summed E-state index contributed by atoms with van der Waals surface area (Å²) in [7, 11) is 0. The van der Waals surface area contributed by atoms with Crippen LogP contribution in [0.3, 0.4) is 0 Å². The number of aryl methyl sites for hydroxylation is 3. The molecule has 0 bridgehead atoms. The fourth-order valence-corrected chi connectivity index (χ4v) is 2.77. The zero-order chi connectivity index (χ0) is 17.3. The number of fused-ring (bicyclic) bond motifs is 1. The van der Waals surface area contributed by atoms with Crippen LogP contribution >= 0.6 is 0 Å². The van der Waals surface area contributed by atoms with Crippen LogP contribution in [0.15, 0.2) is 42.5 Å². The first-order valence-corrected chi connectivity index (χ1v) is 8.07. The van der Waals surface area contributed by atoms with E-state index >= 15 is 0 Å². The molecule has 0 radical (unpaired) electrons. The van der Waals surface area contributed by atoms with E-state index in [0.29, 0.717) is 5.56 Å². The van der Waals surface area contributed by atoms with Crippen LogP contribution in [0, 0.1) is 20.8 Å². The third-order valence-corrected chi connectivity index (χ3v) is 4.40. The van der Waals surface area contributed by atoms with Gasteiger partial charge < -0.3 is 5.32 Å². The first-order chi connectivity index (χ1) is 11.5. The lowest BCUT2D eigenvalue weighted by molar-refractivity contribution is 0.0940. The second-order valence-corrected chi connectivity index (χ2v) is 6.25. The van der Waals surface area contributed by atoms with E-state index in [2.05, 4.69) is 21.6 Å². The Hall–Kier alpha value is -2.75. The molecule has 0 aliphatic rings. The van der Waals surface area contributed by atoms with Gasteiger partial charge in [0.15, 0.2) is 0 Å². The van der Waals surface area contributed by atoms with Gasteiger partial charge in [0.25, 0.3) is 5.91 Å². The highest BCUT2D eigenvalue weighted by Gasteiger charge is 2.13. The standard InChI is InChI=1S/C20H21N3O/c1-12-6-5-7-16(10-12)15(4)21-20(24)17-8-9-19-18(11-17)13(2)14(3)22-23-19/h5-11,15H,1-4H3,(H,21,24). The Morgan fingerprint density at radius 1 is 1.04 bits per heavy atom. The van der Waals surface area contributed by atoms with Crippen LogP contribution in [0.5, 0.6) is 0 Å². The van der Waals surface area contributed by atoms with Gasteiger partial charge in [-0.25, -0.2) is 0 Å². The molecule has 1 unspecified atom stereocenters. The van der Waals surface area contributed by atoms with Gasteiger partial charge in [-0.2, -0.15) is 10.2 Å². The van der Waals surface area contributed by atoms with Crippen molar-refractivity contribution in [2.75, 3.05) is 0 Å².